The first-order chi connectivity index (χ1) is 9.65. The van der Waals surface area contributed by atoms with Crippen molar-refractivity contribution < 1.29 is 9.18 Å². The standard InChI is InChI=1S/C14H20FN3OS/c15-12-4-3-11(10-13(12)16)17-14(19)2-1-5-18-6-8-20-9-7-18/h3-4,10H,1-2,5-9,16H2,(H,17,19). The summed E-state index contributed by atoms with van der Waals surface area (Å²) in [5.41, 5.74) is 6.05. The van der Waals surface area contributed by atoms with Gasteiger partial charge < -0.3 is 16.0 Å². The van der Waals surface area contributed by atoms with Gasteiger partial charge in [-0.05, 0) is 31.2 Å². The molecule has 0 bridgehead atoms. The van der Waals surface area contributed by atoms with Crippen molar-refractivity contribution in [2.24, 2.45) is 0 Å². The zero-order chi connectivity index (χ0) is 14.4. The first-order valence-corrected chi connectivity index (χ1v) is 7.95. The van der Waals surface area contributed by atoms with Crippen LogP contribution in [0.1, 0.15) is 12.8 Å². The number of halogens is 1. The summed E-state index contributed by atoms with van der Waals surface area (Å²) in [6.07, 6.45) is 1.31. The fraction of sp³-hybridized carbons (Fsp3) is 0.500. The van der Waals surface area contributed by atoms with Crippen LogP contribution >= 0.6 is 11.8 Å². The molecule has 1 amide bonds. The summed E-state index contributed by atoms with van der Waals surface area (Å²) >= 11 is 1.98. The molecular weight excluding hydrogens is 277 g/mol. The lowest BCUT2D eigenvalue weighted by Gasteiger charge is -2.25. The Labute approximate surface area is 122 Å². The average molecular weight is 297 g/mol. The minimum Gasteiger partial charge on any atom is -0.396 e. The highest BCUT2D eigenvalue weighted by Crippen LogP contribution is 2.16. The normalized spacial score (nSPS) is 16.1. The summed E-state index contributed by atoms with van der Waals surface area (Å²) in [5.74, 6) is 1.84. The SMILES string of the molecule is Nc1cc(NC(=O)CCCN2CCSCC2)ccc1F. The van der Waals surface area contributed by atoms with Gasteiger partial charge in [-0.25, -0.2) is 4.39 Å². The number of nitrogens with zero attached hydrogens (tertiary/aromatic N) is 1. The van der Waals surface area contributed by atoms with Gasteiger partial charge in [-0.2, -0.15) is 11.8 Å². The molecule has 1 fully saturated rings. The number of thioether (sulfide) groups is 1. The number of hydrogen-bond donors (Lipinski definition) is 2. The molecule has 2 rings (SSSR count). The van der Waals surface area contributed by atoms with E-state index < -0.39 is 5.82 Å². The average Bonchev–Trinajstić information content (AvgIpc) is 2.44. The molecule has 4 nitrogen and oxygen atoms in total. The van der Waals surface area contributed by atoms with Crippen molar-refractivity contribution in [3.63, 3.8) is 0 Å². The Balaban J connectivity index is 1.70. The van der Waals surface area contributed by atoms with Crippen LogP contribution < -0.4 is 11.1 Å². The molecule has 1 aliphatic rings. The first kappa shape index (κ1) is 15.1. The second-order valence-electron chi connectivity index (χ2n) is 4.84. The van der Waals surface area contributed by atoms with Crippen molar-refractivity contribution in [1.82, 2.24) is 4.90 Å². The number of anilines is 2. The minimum atomic E-state index is -0.467. The monoisotopic (exact) mass is 297 g/mol. The van der Waals surface area contributed by atoms with E-state index >= 15 is 0 Å². The molecule has 1 aromatic carbocycles. The molecule has 1 saturated heterocycles. The molecule has 0 radical (unpaired) electrons. The maximum absolute atomic E-state index is 13.0. The van der Waals surface area contributed by atoms with Gasteiger partial charge in [0.1, 0.15) is 5.82 Å². The summed E-state index contributed by atoms with van der Waals surface area (Å²) in [7, 11) is 0. The van der Waals surface area contributed by atoms with Crippen LogP contribution in [0.2, 0.25) is 0 Å². The third-order valence-corrected chi connectivity index (χ3v) is 4.20. The third-order valence-electron chi connectivity index (χ3n) is 3.26. The second kappa shape index (κ2) is 7.50. The van der Waals surface area contributed by atoms with Crippen molar-refractivity contribution >= 4 is 29.0 Å². The van der Waals surface area contributed by atoms with Crippen LogP contribution in [0.5, 0.6) is 0 Å². The Morgan fingerprint density at radius 3 is 2.85 bits per heavy atom. The smallest absolute Gasteiger partial charge is 0.224 e. The van der Waals surface area contributed by atoms with Crippen molar-refractivity contribution in [1.29, 1.82) is 0 Å². The Bertz CT molecular complexity index is 464. The molecule has 3 N–H and O–H groups in total. The largest absolute Gasteiger partial charge is 0.396 e. The van der Waals surface area contributed by atoms with E-state index in [1.54, 1.807) is 0 Å². The van der Waals surface area contributed by atoms with Crippen LogP contribution in [0, 0.1) is 5.82 Å². The number of benzene rings is 1. The van der Waals surface area contributed by atoms with Gasteiger partial charge in [-0.15, -0.1) is 0 Å². The lowest BCUT2D eigenvalue weighted by atomic mass is 10.2. The van der Waals surface area contributed by atoms with Crippen molar-refractivity contribution in [3.8, 4) is 0 Å². The van der Waals surface area contributed by atoms with Crippen LogP contribution in [-0.2, 0) is 4.79 Å². The highest BCUT2D eigenvalue weighted by atomic mass is 32.2. The fourth-order valence-electron chi connectivity index (χ4n) is 2.13. The van der Waals surface area contributed by atoms with Gasteiger partial charge >= 0.3 is 0 Å². The zero-order valence-electron chi connectivity index (χ0n) is 11.4. The number of carbonyl (C=O) groups is 1. The number of carbonyl (C=O) groups excluding carboxylic acids is 1. The predicted molar refractivity (Wildman–Crippen MR) is 82.4 cm³/mol. The predicted octanol–water partition coefficient (Wildman–Crippen LogP) is 2.18. The molecule has 0 saturated carbocycles. The van der Waals surface area contributed by atoms with Crippen molar-refractivity contribution in [2.75, 3.05) is 42.2 Å². The Morgan fingerprint density at radius 2 is 2.15 bits per heavy atom. The van der Waals surface area contributed by atoms with Crippen molar-refractivity contribution in [3.05, 3.63) is 24.0 Å². The molecule has 1 aliphatic heterocycles. The number of nitrogens with two attached hydrogens (primary N) is 1. The van der Waals surface area contributed by atoms with Gasteiger partial charge in [0.05, 0.1) is 5.69 Å². The van der Waals surface area contributed by atoms with E-state index in [4.69, 9.17) is 5.73 Å². The van der Waals surface area contributed by atoms with Gasteiger partial charge in [0, 0.05) is 36.7 Å². The summed E-state index contributed by atoms with van der Waals surface area (Å²) in [6, 6.07) is 4.22. The number of nitrogens with one attached hydrogen (secondary N) is 1. The van der Waals surface area contributed by atoms with Crippen LogP contribution in [0.3, 0.4) is 0 Å². The number of hydrogen-bond acceptors (Lipinski definition) is 4. The topological polar surface area (TPSA) is 58.4 Å². The van der Waals surface area contributed by atoms with E-state index in [2.05, 4.69) is 10.2 Å². The quantitative estimate of drug-likeness (QED) is 0.818. The van der Waals surface area contributed by atoms with Crippen LogP contribution in [-0.4, -0.2) is 41.9 Å². The van der Waals surface area contributed by atoms with Gasteiger partial charge in [0.2, 0.25) is 5.91 Å². The van der Waals surface area contributed by atoms with Crippen molar-refractivity contribution in [2.45, 2.75) is 12.8 Å². The van der Waals surface area contributed by atoms with E-state index in [9.17, 15) is 9.18 Å². The molecule has 1 aromatic rings. The molecule has 0 spiro atoms. The van der Waals surface area contributed by atoms with Gasteiger partial charge in [-0.3, -0.25) is 4.79 Å². The Kier molecular flexibility index (Phi) is 5.67. The Hall–Kier alpha value is -1.27. The maximum atomic E-state index is 13.0. The fourth-order valence-corrected chi connectivity index (χ4v) is 3.11. The summed E-state index contributed by atoms with van der Waals surface area (Å²) in [4.78, 5) is 14.2. The molecule has 0 aliphatic carbocycles. The van der Waals surface area contributed by atoms with Gasteiger partial charge in [0.15, 0.2) is 0 Å². The number of amides is 1. The van der Waals surface area contributed by atoms with Gasteiger partial charge in [0.25, 0.3) is 0 Å². The molecular formula is C14H20FN3OS. The second-order valence-corrected chi connectivity index (χ2v) is 6.07. The number of rotatable bonds is 5. The molecule has 0 aromatic heterocycles. The van der Waals surface area contributed by atoms with E-state index in [1.807, 2.05) is 11.8 Å². The summed E-state index contributed by atoms with van der Waals surface area (Å²) < 4.78 is 13.0. The summed E-state index contributed by atoms with van der Waals surface area (Å²) in [6.45, 7) is 3.18. The van der Waals surface area contributed by atoms with Crippen LogP contribution in [0.4, 0.5) is 15.8 Å². The Morgan fingerprint density at radius 1 is 1.40 bits per heavy atom. The van der Waals surface area contributed by atoms with E-state index in [0.29, 0.717) is 12.1 Å². The lowest BCUT2D eigenvalue weighted by molar-refractivity contribution is -0.116. The maximum Gasteiger partial charge on any atom is 0.224 e. The van der Waals surface area contributed by atoms with Gasteiger partial charge in [-0.1, -0.05) is 0 Å². The van der Waals surface area contributed by atoms with E-state index in [1.165, 1.54) is 29.7 Å². The van der Waals surface area contributed by atoms with Crippen LogP contribution in [0.25, 0.3) is 0 Å². The molecule has 0 unspecified atom stereocenters. The van der Waals surface area contributed by atoms with E-state index in [-0.39, 0.29) is 11.6 Å². The minimum absolute atomic E-state index is 0.0496. The third kappa shape index (κ3) is 4.68. The molecule has 20 heavy (non-hydrogen) atoms. The highest BCUT2D eigenvalue weighted by molar-refractivity contribution is 7.99. The first-order valence-electron chi connectivity index (χ1n) is 6.80. The lowest BCUT2D eigenvalue weighted by Crippen LogP contribution is -2.33. The van der Waals surface area contributed by atoms with E-state index in [0.717, 1.165) is 26.1 Å². The molecule has 6 heteroatoms. The zero-order valence-corrected chi connectivity index (χ0v) is 12.2. The number of nitrogen functional groups attached to an aromatic ring is 1. The molecule has 0 atom stereocenters. The highest BCUT2D eigenvalue weighted by Gasteiger charge is 2.11. The molecule has 110 valence electrons. The summed E-state index contributed by atoms with van der Waals surface area (Å²) in [5, 5.41) is 2.74. The molecule has 1 heterocycles. The van der Waals surface area contributed by atoms with Crippen LogP contribution in [0.15, 0.2) is 18.2 Å².